The predicted octanol–water partition coefficient (Wildman–Crippen LogP) is 3.69. The number of fused-ring (bicyclic) bond motifs is 1. The number of nitrogens with one attached hydrogen (secondary N) is 1. The lowest BCUT2D eigenvalue weighted by molar-refractivity contribution is 0.0929. The normalized spacial score (nSPS) is 19.0. The minimum atomic E-state index is -0.0203. The zero-order valence-electron chi connectivity index (χ0n) is 13.8. The highest BCUT2D eigenvalue weighted by Gasteiger charge is 2.32. The number of benzene rings is 2. The standard InChI is InChI=1S/C20H24N2O/c1-20(2)12-11-18(16-5-3-4-6-17(16)20)22-19(23)15-9-7-14(13-21)8-10-15/h3-10,18H,11-13,21H2,1-2H3,(H,22,23). The molecule has 2 aromatic carbocycles. The van der Waals surface area contributed by atoms with E-state index >= 15 is 0 Å². The average molecular weight is 308 g/mol. The van der Waals surface area contributed by atoms with Crippen LogP contribution in [0.25, 0.3) is 0 Å². The second kappa shape index (κ2) is 6.17. The smallest absolute Gasteiger partial charge is 0.251 e. The number of rotatable bonds is 3. The Hall–Kier alpha value is -2.13. The number of hydrogen-bond donors (Lipinski definition) is 2. The van der Waals surface area contributed by atoms with Gasteiger partial charge in [0.25, 0.3) is 5.91 Å². The maximum atomic E-state index is 12.5. The third-order valence-electron chi connectivity index (χ3n) is 4.88. The van der Waals surface area contributed by atoms with Crippen molar-refractivity contribution in [2.24, 2.45) is 5.73 Å². The first kappa shape index (κ1) is 15.8. The molecule has 0 heterocycles. The first-order chi connectivity index (χ1) is 11.0. The molecule has 0 fully saturated rings. The van der Waals surface area contributed by atoms with Crippen molar-refractivity contribution >= 4 is 5.91 Å². The first-order valence-electron chi connectivity index (χ1n) is 8.20. The predicted molar refractivity (Wildman–Crippen MR) is 93.2 cm³/mol. The van der Waals surface area contributed by atoms with Crippen molar-refractivity contribution < 1.29 is 4.79 Å². The third kappa shape index (κ3) is 3.15. The summed E-state index contributed by atoms with van der Waals surface area (Å²) in [5.74, 6) is -0.0203. The first-order valence-corrected chi connectivity index (χ1v) is 8.20. The van der Waals surface area contributed by atoms with Gasteiger partial charge in [-0.25, -0.2) is 0 Å². The zero-order valence-corrected chi connectivity index (χ0v) is 13.8. The fraction of sp³-hybridized carbons (Fsp3) is 0.350. The van der Waals surface area contributed by atoms with E-state index in [1.165, 1.54) is 11.1 Å². The highest BCUT2D eigenvalue weighted by molar-refractivity contribution is 5.94. The maximum absolute atomic E-state index is 12.5. The summed E-state index contributed by atoms with van der Waals surface area (Å²) in [4.78, 5) is 12.5. The van der Waals surface area contributed by atoms with Gasteiger partial charge in [0.1, 0.15) is 0 Å². The van der Waals surface area contributed by atoms with Crippen molar-refractivity contribution in [2.75, 3.05) is 0 Å². The number of carbonyl (C=O) groups is 1. The van der Waals surface area contributed by atoms with Crippen LogP contribution in [0.1, 0.15) is 59.8 Å². The SMILES string of the molecule is CC1(C)CCC(NC(=O)c2ccc(CN)cc2)c2ccccc21. The summed E-state index contributed by atoms with van der Waals surface area (Å²) >= 11 is 0. The van der Waals surface area contributed by atoms with Gasteiger partial charge < -0.3 is 11.1 Å². The molecule has 3 heteroatoms. The monoisotopic (exact) mass is 308 g/mol. The molecule has 3 nitrogen and oxygen atoms in total. The Bertz CT molecular complexity index is 704. The molecule has 23 heavy (non-hydrogen) atoms. The van der Waals surface area contributed by atoms with Crippen molar-refractivity contribution in [3.63, 3.8) is 0 Å². The maximum Gasteiger partial charge on any atom is 0.251 e. The van der Waals surface area contributed by atoms with Gasteiger partial charge >= 0.3 is 0 Å². The minimum Gasteiger partial charge on any atom is -0.345 e. The van der Waals surface area contributed by atoms with Crippen LogP contribution in [-0.4, -0.2) is 5.91 Å². The number of hydrogen-bond acceptors (Lipinski definition) is 2. The van der Waals surface area contributed by atoms with Gasteiger partial charge in [-0.2, -0.15) is 0 Å². The van der Waals surface area contributed by atoms with Crippen LogP contribution in [0.5, 0.6) is 0 Å². The van der Waals surface area contributed by atoms with Gasteiger partial charge in [-0.1, -0.05) is 50.2 Å². The summed E-state index contributed by atoms with van der Waals surface area (Å²) in [5, 5.41) is 3.20. The third-order valence-corrected chi connectivity index (χ3v) is 4.88. The summed E-state index contributed by atoms with van der Waals surface area (Å²) < 4.78 is 0. The summed E-state index contributed by atoms with van der Waals surface area (Å²) in [7, 11) is 0. The van der Waals surface area contributed by atoms with E-state index in [1.807, 2.05) is 24.3 Å². The molecule has 0 spiro atoms. The molecule has 1 aliphatic carbocycles. The van der Waals surface area contributed by atoms with Crippen LogP contribution in [0.15, 0.2) is 48.5 Å². The molecule has 2 aromatic rings. The molecule has 1 amide bonds. The fourth-order valence-electron chi connectivity index (χ4n) is 3.40. The molecule has 0 radical (unpaired) electrons. The molecule has 0 saturated carbocycles. The van der Waals surface area contributed by atoms with Gasteiger partial charge in [-0.3, -0.25) is 4.79 Å². The number of carbonyl (C=O) groups excluding carboxylic acids is 1. The fourth-order valence-corrected chi connectivity index (χ4v) is 3.40. The van der Waals surface area contributed by atoms with Gasteiger partial charge in [-0.05, 0) is 47.1 Å². The van der Waals surface area contributed by atoms with E-state index in [0.29, 0.717) is 12.1 Å². The molecule has 0 bridgehead atoms. The second-order valence-corrected chi connectivity index (χ2v) is 6.94. The van der Waals surface area contributed by atoms with E-state index in [4.69, 9.17) is 5.73 Å². The van der Waals surface area contributed by atoms with Crippen LogP contribution < -0.4 is 11.1 Å². The molecule has 0 aliphatic heterocycles. The Morgan fingerprint density at radius 3 is 2.57 bits per heavy atom. The lowest BCUT2D eigenvalue weighted by Gasteiger charge is -2.37. The van der Waals surface area contributed by atoms with Crippen molar-refractivity contribution in [1.29, 1.82) is 0 Å². The van der Waals surface area contributed by atoms with E-state index in [2.05, 4.69) is 43.4 Å². The van der Waals surface area contributed by atoms with Crippen molar-refractivity contribution in [3.8, 4) is 0 Å². The lowest BCUT2D eigenvalue weighted by Crippen LogP contribution is -2.35. The number of amides is 1. The van der Waals surface area contributed by atoms with Crippen LogP contribution in [0.4, 0.5) is 0 Å². The van der Waals surface area contributed by atoms with Crippen molar-refractivity contribution in [2.45, 2.75) is 44.7 Å². The van der Waals surface area contributed by atoms with Gasteiger partial charge in [0.2, 0.25) is 0 Å². The van der Waals surface area contributed by atoms with Gasteiger partial charge in [0.15, 0.2) is 0 Å². The summed E-state index contributed by atoms with van der Waals surface area (Å²) in [5.41, 5.74) is 10.1. The Morgan fingerprint density at radius 1 is 1.17 bits per heavy atom. The van der Waals surface area contributed by atoms with E-state index < -0.39 is 0 Å². The molecule has 120 valence electrons. The Labute approximate surface area is 137 Å². The average Bonchev–Trinajstić information content (AvgIpc) is 2.58. The van der Waals surface area contributed by atoms with E-state index in [0.717, 1.165) is 18.4 Å². The molecular weight excluding hydrogens is 284 g/mol. The van der Waals surface area contributed by atoms with Crippen molar-refractivity contribution in [3.05, 3.63) is 70.8 Å². The van der Waals surface area contributed by atoms with Gasteiger partial charge in [0, 0.05) is 12.1 Å². The van der Waals surface area contributed by atoms with Gasteiger partial charge in [-0.15, -0.1) is 0 Å². The lowest BCUT2D eigenvalue weighted by atomic mass is 9.71. The summed E-state index contributed by atoms with van der Waals surface area (Å²) in [6.07, 6.45) is 2.04. The van der Waals surface area contributed by atoms with Gasteiger partial charge in [0.05, 0.1) is 6.04 Å². The topological polar surface area (TPSA) is 55.1 Å². The van der Waals surface area contributed by atoms with E-state index in [1.54, 1.807) is 0 Å². The van der Waals surface area contributed by atoms with Crippen molar-refractivity contribution in [1.82, 2.24) is 5.32 Å². The summed E-state index contributed by atoms with van der Waals surface area (Å²) in [6, 6.07) is 16.0. The largest absolute Gasteiger partial charge is 0.345 e. The highest BCUT2D eigenvalue weighted by Crippen LogP contribution is 2.41. The van der Waals surface area contributed by atoms with Crippen LogP contribution in [0.2, 0.25) is 0 Å². The molecule has 3 N–H and O–H groups in total. The Balaban J connectivity index is 1.81. The quantitative estimate of drug-likeness (QED) is 0.908. The highest BCUT2D eigenvalue weighted by atomic mass is 16.1. The van der Waals surface area contributed by atoms with Crippen LogP contribution in [0.3, 0.4) is 0 Å². The molecule has 1 unspecified atom stereocenters. The van der Waals surface area contributed by atoms with Crippen LogP contribution in [0, 0.1) is 0 Å². The molecule has 0 saturated heterocycles. The summed E-state index contributed by atoms with van der Waals surface area (Å²) in [6.45, 7) is 5.04. The molecular formula is C20H24N2O. The minimum absolute atomic E-state index is 0.0203. The molecule has 1 aliphatic rings. The molecule has 3 rings (SSSR count). The van der Waals surface area contributed by atoms with Crippen LogP contribution >= 0.6 is 0 Å². The zero-order chi connectivity index (χ0) is 16.4. The molecule has 0 aromatic heterocycles. The van der Waals surface area contributed by atoms with E-state index in [-0.39, 0.29) is 17.4 Å². The van der Waals surface area contributed by atoms with Crippen LogP contribution in [-0.2, 0) is 12.0 Å². The van der Waals surface area contributed by atoms with E-state index in [9.17, 15) is 4.79 Å². The number of nitrogens with two attached hydrogens (primary N) is 1. The Morgan fingerprint density at radius 2 is 1.87 bits per heavy atom. The second-order valence-electron chi connectivity index (χ2n) is 6.94. The molecule has 1 atom stereocenters. The Kier molecular flexibility index (Phi) is 4.22.